The second kappa shape index (κ2) is 5.66. The molecule has 0 bridgehead atoms. The molecular formula is C11H10BrFO2. The molecule has 0 heterocycles. The van der Waals surface area contributed by atoms with Gasteiger partial charge in [-0.25, -0.2) is 0 Å². The Bertz CT molecular complexity index is 388. The molecule has 4 heteroatoms. The SMILES string of the molecule is COc1ccc(Br)c(/C=C/CC(=O)F)c1. The van der Waals surface area contributed by atoms with Crippen molar-refractivity contribution in [3.8, 4) is 5.75 Å². The number of methoxy groups -OCH3 is 1. The predicted molar refractivity (Wildman–Crippen MR) is 60.5 cm³/mol. The third-order valence-electron chi connectivity index (χ3n) is 1.78. The van der Waals surface area contributed by atoms with Gasteiger partial charge in [0.1, 0.15) is 5.75 Å². The third kappa shape index (κ3) is 3.83. The summed E-state index contributed by atoms with van der Waals surface area (Å²) in [7, 11) is 1.57. The fourth-order valence-corrected chi connectivity index (χ4v) is 1.43. The van der Waals surface area contributed by atoms with Crippen LogP contribution in [0.25, 0.3) is 6.08 Å². The molecule has 0 amide bonds. The van der Waals surface area contributed by atoms with E-state index in [9.17, 15) is 9.18 Å². The van der Waals surface area contributed by atoms with Crippen LogP contribution in [0.1, 0.15) is 12.0 Å². The van der Waals surface area contributed by atoms with E-state index in [-0.39, 0.29) is 6.42 Å². The first-order valence-corrected chi connectivity index (χ1v) is 5.11. The van der Waals surface area contributed by atoms with Crippen LogP contribution in [0.3, 0.4) is 0 Å². The van der Waals surface area contributed by atoms with Crippen LogP contribution in [0.4, 0.5) is 4.39 Å². The zero-order chi connectivity index (χ0) is 11.3. The molecule has 0 aliphatic carbocycles. The Morgan fingerprint density at radius 3 is 2.93 bits per heavy atom. The van der Waals surface area contributed by atoms with E-state index < -0.39 is 6.04 Å². The van der Waals surface area contributed by atoms with Gasteiger partial charge in [0.05, 0.1) is 13.5 Å². The zero-order valence-corrected chi connectivity index (χ0v) is 9.75. The summed E-state index contributed by atoms with van der Waals surface area (Å²) < 4.78 is 17.8. The Labute approximate surface area is 95.9 Å². The lowest BCUT2D eigenvalue weighted by atomic mass is 10.2. The monoisotopic (exact) mass is 272 g/mol. The number of rotatable bonds is 4. The molecule has 0 atom stereocenters. The minimum absolute atomic E-state index is 0.205. The predicted octanol–water partition coefficient (Wildman–Crippen LogP) is 3.36. The zero-order valence-electron chi connectivity index (χ0n) is 8.17. The van der Waals surface area contributed by atoms with Gasteiger partial charge >= 0.3 is 6.04 Å². The molecule has 0 aliphatic rings. The Kier molecular flexibility index (Phi) is 4.49. The maximum Gasteiger partial charge on any atom is 0.305 e. The van der Waals surface area contributed by atoms with E-state index in [2.05, 4.69) is 15.9 Å². The normalized spacial score (nSPS) is 10.6. The fraction of sp³-hybridized carbons (Fsp3) is 0.182. The maximum absolute atomic E-state index is 11.9. The Hall–Kier alpha value is -1.16. The van der Waals surface area contributed by atoms with Crippen LogP contribution in [0.2, 0.25) is 0 Å². The van der Waals surface area contributed by atoms with E-state index in [1.54, 1.807) is 19.3 Å². The van der Waals surface area contributed by atoms with Crippen molar-refractivity contribution in [3.05, 3.63) is 34.3 Å². The minimum Gasteiger partial charge on any atom is -0.497 e. The van der Waals surface area contributed by atoms with Crippen molar-refractivity contribution in [1.82, 2.24) is 0 Å². The molecule has 0 spiro atoms. The van der Waals surface area contributed by atoms with E-state index in [1.165, 1.54) is 6.08 Å². The van der Waals surface area contributed by atoms with Crippen molar-refractivity contribution < 1.29 is 13.9 Å². The van der Waals surface area contributed by atoms with Crippen LogP contribution in [0.15, 0.2) is 28.7 Å². The lowest BCUT2D eigenvalue weighted by Gasteiger charge is -2.02. The lowest BCUT2D eigenvalue weighted by Crippen LogP contribution is -1.85. The van der Waals surface area contributed by atoms with Crippen molar-refractivity contribution in [2.75, 3.05) is 7.11 Å². The Morgan fingerprint density at radius 1 is 1.60 bits per heavy atom. The van der Waals surface area contributed by atoms with Crippen molar-refractivity contribution in [3.63, 3.8) is 0 Å². The highest BCUT2D eigenvalue weighted by Gasteiger charge is 1.99. The molecule has 0 aromatic heterocycles. The highest BCUT2D eigenvalue weighted by molar-refractivity contribution is 9.10. The standard InChI is InChI=1S/C11H10BrFO2/c1-15-9-5-6-10(12)8(7-9)3-2-4-11(13)14/h2-3,5-7H,4H2,1H3/b3-2+. The molecule has 0 radical (unpaired) electrons. The van der Waals surface area contributed by atoms with Gasteiger partial charge in [0, 0.05) is 4.47 Å². The van der Waals surface area contributed by atoms with Gasteiger partial charge in [-0.2, -0.15) is 4.39 Å². The molecule has 0 unspecified atom stereocenters. The molecule has 1 rings (SSSR count). The maximum atomic E-state index is 11.9. The molecule has 0 fully saturated rings. The summed E-state index contributed by atoms with van der Waals surface area (Å²) in [5.74, 6) is 0.712. The van der Waals surface area contributed by atoms with Gasteiger partial charge in [-0.05, 0) is 23.8 Å². The molecule has 80 valence electrons. The van der Waals surface area contributed by atoms with Crippen molar-refractivity contribution >= 4 is 28.0 Å². The summed E-state index contributed by atoms with van der Waals surface area (Å²) >= 11 is 3.34. The number of carbonyl (C=O) groups is 1. The van der Waals surface area contributed by atoms with E-state index >= 15 is 0 Å². The second-order valence-electron chi connectivity index (χ2n) is 2.85. The topological polar surface area (TPSA) is 26.3 Å². The van der Waals surface area contributed by atoms with Crippen LogP contribution in [0, 0.1) is 0 Å². The minimum atomic E-state index is -1.34. The summed E-state index contributed by atoms with van der Waals surface area (Å²) in [6.45, 7) is 0. The van der Waals surface area contributed by atoms with Crippen LogP contribution in [-0.2, 0) is 4.79 Å². The molecule has 2 nitrogen and oxygen atoms in total. The van der Waals surface area contributed by atoms with Crippen molar-refractivity contribution in [2.45, 2.75) is 6.42 Å². The summed E-state index contributed by atoms with van der Waals surface area (Å²) in [5, 5.41) is 0. The first-order chi connectivity index (χ1) is 7.13. The smallest absolute Gasteiger partial charge is 0.305 e. The average molecular weight is 273 g/mol. The summed E-state index contributed by atoms with van der Waals surface area (Å²) in [6, 6.07) is 4.09. The molecule has 1 aromatic rings. The molecule has 15 heavy (non-hydrogen) atoms. The fourth-order valence-electron chi connectivity index (χ4n) is 1.06. The number of halogens is 2. The number of carbonyl (C=O) groups excluding carboxylic acids is 1. The van der Waals surface area contributed by atoms with Gasteiger partial charge in [-0.15, -0.1) is 0 Å². The molecule has 0 saturated carbocycles. The van der Waals surface area contributed by atoms with Crippen LogP contribution < -0.4 is 4.74 Å². The van der Waals surface area contributed by atoms with E-state index in [4.69, 9.17) is 4.74 Å². The lowest BCUT2D eigenvalue weighted by molar-refractivity contribution is -0.128. The number of allylic oxidation sites excluding steroid dienone is 1. The van der Waals surface area contributed by atoms with Gasteiger partial charge in [-0.1, -0.05) is 28.1 Å². The van der Waals surface area contributed by atoms with Gasteiger partial charge in [-0.3, -0.25) is 4.79 Å². The van der Waals surface area contributed by atoms with Crippen molar-refractivity contribution in [2.24, 2.45) is 0 Å². The highest BCUT2D eigenvalue weighted by atomic mass is 79.9. The average Bonchev–Trinajstić information content (AvgIpc) is 2.20. The van der Waals surface area contributed by atoms with E-state index in [0.29, 0.717) is 5.75 Å². The molecule has 0 aliphatic heterocycles. The van der Waals surface area contributed by atoms with E-state index in [1.807, 2.05) is 12.1 Å². The second-order valence-corrected chi connectivity index (χ2v) is 3.70. The number of benzene rings is 1. The van der Waals surface area contributed by atoms with Crippen LogP contribution >= 0.6 is 15.9 Å². The molecule has 0 saturated heterocycles. The first-order valence-electron chi connectivity index (χ1n) is 4.32. The van der Waals surface area contributed by atoms with E-state index in [0.717, 1.165) is 10.0 Å². The highest BCUT2D eigenvalue weighted by Crippen LogP contribution is 2.23. The van der Waals surface area contributed by atoms with Gasteiger partial charge in [0.2, 0.25) is 0 Å². The first kappa shape index (κ1) is 11.9. The Morgan fingerprint density at radius 2 is 2.33 bits per heavy atom. The molecule has 1 aromatic carbocycles. The number of ether oxygens (including phenoxy) is 1. The Balaban J connectivity index is 2.83. The summed E-state index contributed by atoms with van der Waals surface area (Å²) in [4.78, 5) is 10.1. The van der Waals surface area contributed by atoms with Crippen molar-refractivity contribution in [1.29, 1.82) is 0 Å². The van der Waals surface area contributed by atoms with Crippen LogP contribution in [0.5, 0.6) is 5.75 Å². The van der Waals surface area contributed by atoms with Gasteiger partial charge < -0.3 is 4.74 Å². The summed E-state index contributed by atoms with van der Waals surface area (Å²) in [5.41, 5.74) is 0.843. The number of hydrogen-bond donors (Lipinski definition) is 0. The quantitative estimate of drug-likeness (QED) is 0.786. The van der Waals surface area contributed by atoms with Crippen LogP contribution in [-0.4, -0.2) is 13.1 Å². The summed E-state index contributed by atoms with van der Waals surface area (Å²) in [6.07, 6.45) is 2.94. The largest absolute Gasteiger partial charge is 0.497 e. The third-order valence-corrected chi connectivity index (χ3v) is 2.50. The van der Waals surface area contributed by atoms with Gasteiger partial charge in [0.25, 0.3) is 0 Å². The van der Waals surface area contributed by atoms with Gasteiger partial charge in [0.15, 0.2) is 0 Å². The number of hydrogen-bond acceptors (Lipinski definition) is 2. The molecule has 0 N–H and O–H groups in total. The molecular weight excluding hydrogens is 263 g/mol.